The van der Waals surface area contributed by atoms with Crippen molar-refractivity contribution in [1.29, 1.82) is 0 Å². The summed E-state index contributed by atoms with van der Waals surface area (Å²) in [6.45, 7) is 3.99. The zero-order chi connectivity index (χ0) is 28.3. The number of halogens is 5. The van der Waals surface area contributed by atoms with Crippen molar-refractivity contribution in [1.82, 2.24) is 5.32 Å². The van der Waals surface area contributed by atoms with Crippen molar-refractivity contribution >= 4 is 51.7 Å². The summed E-state index contributed by atoms with van der Waals surface area (Å²) in [6.07, 6.45) is -5.06. The van der Waals surface area contributed by atoms with Gasteiger partial charge in [0.2, 0.25) is 5.60 Å². The molecule has 1 unspecified atom stereocenters. The highest BCUT2D eigenvalue weighted by Crippen LogP contribution is 2.40. The van der Waals surface area contributed by atoms with Gasteiger partial charge in [0.15, 0.2) is 0 Å². The summed E-state index contributed by atoms with van der Waals surface area (Å²) in [5, 5.41) is 16.5. The number of nitrogens with one attached hydrogen (secondary N) is 2. The molecule has 0 aromatic heterocycles. The van der Waals surface area contributed by atoms with Crippen LogP contribution in [0, 0.1) is 10.5 Å². The lowest BCUT2D eigenvalue weighted by atomic mass is 9.92. The van der Waals surface area contributed by atoms with Crippen molar-refractivity contribution in [3.05, 3.63) is 91.5 Å². The van der Waals surface area contributed by atoms with E-state index in [9.17, 15) is 27.9 Å². The molecule has 0 saturated carbocycles. The third-order valence-corrected chi connectivity index (χ3v) is 6.74. The second kappa shape index (κ2) is 11.9. The molecule has 0 aliphatic carbocycles. The van der Waals surface area contributed by atoms with Gasteiger partial charge in [0.25, 0.3) is 11.8 Å². The van der Waals surface area contributed by atoms with Crippen LogP contribution in [0.1, 0.15) is 45.7 Å². The van der Waals surface area contributed by atoms with E-state index in [2.05, 4.69) is 10.6 Å². The molecule has 202 valence electrons. The number of aliphatic hydroxyl groups is 1. The normalized spacial score (nSPS) is 13.1. The first kappa shape index (κ1) is 29.7. The topological polar surface area (TPSA) is 87.7 Å². The standard InChI is InChI=1S/C27H25ClF3IN2O4/c1-15(2)33-25(36)23-20(5-4-6-21(23)32)24(35)34-22-12-7-17(13-16(22)3)26(37,27(29,30)31)14-38-19-10-8-18(28)9-11-19/h4-13,15,37H,14H2,1-3H3,(H,33,36)(H,34,35). The van der Waals surface area contributed by atoms with Crippen LogP contribution in [0.4, 0.5) is 18.9 Å². The Morgan fingerprint density at radius 2 is 1.71 bits per heavy atom. The summed E-state index contributed by atoms with van der Waals surface area (Å²) >= 11 is 7.75. The zero-order valence-corrected chi connectivity index (χ0v) is 23.5. The fraction of sp³-hybridized carbons (Fsp3) is 0.259. The Balaban J connectivity index is 1.88. The molecular formula is C27H25ClF3IN2O4. The summed E-state index contributed by atoms with van der Waals surface area (Å²) in [4.78, 5) is 25.8. The molecule has 0 spiro atoms. The third kappa shape index (κ3) is 6.78. The van der Waals surface area contributed by atoms with Crippen LogP contribution < -0.4 is 15.4 Å². The third-order valence-electron chi connectivity index (χ3n) is 5.59. The van der Waals surface area contributed by atoms with Gasteiger partial charge in [0, 0.05) is 20.3 Å². The number of hydrogen-bond donors (Lipinski definition) is 3. The summed E-state index contributed by atoms with van der Waals surface area (Å²) in [6, 6.07) is 13.8. The van der Waals surface area contributed by atoms with Gasteiger partial charge in [0.1, 0.15) is 12.4 Å². The molecule has 0 aliphatic heterocycles. The predicted molar refractivity (Wildman–Crippen MR) is 148 cm³/mol. The highest BCUT2D eigenvalue weighted by Gasteiger charge is 2.56. The van der Waals surface area contributed by atoms with Gasteiger partial charge < -0.3 is 20.5 Å². The first-order chi connectivity index (χ1) is 17.7. The van der Waals surface area contributed by atoms with Crippen molar-refractivity contribution in [3.8, 4) is 5.75 Å². The van der Waals surface area contributed by atoms with E-state index in [1.54, 1.807) is 26.0 Å². The van der Waals surface area contributed by atoms with Crippen molar-refractivity contribution < 1.29 is 32.6 Å². The number of aryl methyl sites for hydroxylation is 1. The summed E-state index contributed by atoms with van der Waals surface area (Å²) in [7, 11) is 0. The number of rotatable bonds is 8. The van der Waals surface area contributed by atoms with Gasteiger partial charge in [-0.15, -0.1) is 0 Å². The van der Waals surface area contributed by atoms with Crippen molar-refractivity contribution in [2.24, 2.45) is 0 Å². The Labute approximate surface area is 236 Å². The Morgan fingerprint density at radius 1 is 1.05 bits per heavy atom. The van der Waals surface area contributed by atoms with Crippen LogP contribution in [0.25, 0.3) is 0 Å². The molecule has 0 bridgehead atoms. The van der Waals surface area contributed by atoms with Crippen LogP contribution >= 0.6 is 34.2 Å². The van der Waals surface area contributed by atoms with Gasteiger partial charge in [-0.3, -0.25) is 9.59 Å². The van der Waals surface area contributed by atoms with E-state index in [0.717, 1.165) is 12.1 Å². The maximum atomic E-state index is 14.0. The fourth-order valence-electron chi connectivity index (χ4n) is 3.58. The number of hydrogen-bond acceptors (Lipinski definition) is 4. The number of carbonyl (C=O) groups excluding carboxylic acids is 2. The van der Waals surface area contributed by atoms with Gasteiger partial charge in [0.05, 0.1) is 11.1 Å². The molecule has 0 radical (unpaired) electrons. The molecule has 38 heavy (non-hydrogen) atoms. The number of anilines is 1. The van der Waals surface area contributed by atoms with Crippen LogP contribution in [0.5, 0.6) is 5.75 Å². The first-order valence-electron chi connectivity index (χ1n) is 11.4. The first-order valence-corrected chi connectivity index (χ1v) is 12.9. The lowest BCUT2D eigenvalue weighted by molar-refractivity contribution is -0.275. The minimum atomic E-state index is -5.06. The molecule has 0 saturated heterocycles. The highest BCUT2D eigenvalue weighted by molar-refractivity contribution is 14.1. The molecule has 0 fully saturated rings. The average molecular weight is 661 g/mol. The van der Waals surface area contributed by atoms with Gasteiger partial charge in [-0.1, -0.05) is 29.8 Å². The van der Waals surface area contributed by atoms with Gasteiger partial charge in [-0.05, 0) is 97.0 Å². The van der Waals surface area contributed by atoms with Gasteiger partial charge >= 0.3 is 6.18 Å². The lowest BCUT2D eigenvalue weighted by Gasteiger charge is -2.31. The maximum absolute atomic E-state index is 14.0. The van der Waals surface area contributed by atoms with Gasteiger partial charge in [-0.2, -0.15) is 13.2 Å². The van der Waals surface area contributed by atoms with Crippen LogP contribution in [0.15, 0.2) is 60.7 Å². The smallest absolute Gasteiger partial charge is 0.424 e. The molecular weight excluding hydrogens is 636 g/mol. The summed E-state index contributed by atoms with van der Waals surface area (Å²) < 4.78 is 47.8. The number of carbonyl (C=O) groups is 2. The Kier molecular flexibility index (Phi) is 9.32. The molecule has 3 aromatic carbocycles. The van der Waals surface area contributed by atoms with E-state index < -0.39 is 35.8 Å². The SMILES string of the molecule is Cc1cc(C(O)(COc2ccc(Cl)cc2)C(F)(F)F)ccc1NC(=O)c1cccc(I)c1C(=O)NC(C)C. The molecule has 3 rings (SSSR count). The molecule has 11 heteroatoms. The Hall–Kier alpha value is -2.83. The van der Waals surface area contributed by atoms with Gasteiger partial charge in [-0.25, -0.2) is 0 Å². The predicted octanol–water partition coefficient (Wildman–Crippen LogP) is 6.47. The van der Waals surface area contributed by atoms with E-state index in [-0.39, 0.29) is 34.2 Å². The van der Waals surface area contributed by atoms with E-state index in [0.29, 0.717) is 8.59 Å². The number of amides is 2. The second-order valence-electron chi connectivity index (χ2n) is 8.88. The molecule has 6 nitrogen and oxygen atoms in total. The molecule has 3 aromatic rings. The minimum Gasteiger partial charge on any atom is -0.490 e. The lowest BCUT2D eigenvalue weighted by Crippen LogP contribution is -2.47. The Morgan fingerprint density at radius 3 is 2.29 bits per heavy atom. The monoisotopic (exact) mass is 660 g/mol. The highest BCUT2D eigenvalue weighted by atomic mass is 127. The van der Waals surface area contributed by atoms with E-state index in [4.69, 9.17) is 16.3 Å². The number of ether oxygens (including phenoxy) is 1. The number of alkyl halides is 3. The number of benzene rings is 3. The van der Waals surface area contributed by atoms with E-state index >= 15 is 0 Å². The molecule has 0 aliphatic rings. The molecule has 3 N–H and O–H groups in total. The average Bonchev–Trinajstić information content (AvgIpc) is 2.83. The van der Waals surface area contributed by atoms with Crippen LogP contribution in [-0.4, -0.2) is 35.7 Å². The van der Waals surface area contributed by atoms with Crippen LogP contribution in [0.2, 0.25) is 5.02 Å². The van der Waals surface area contributed by atoms with E-state index in [1.165, 1.54) is 43.3 Å². The maximum Gasteiger partial charge on any atom is 0.424 e. The summed E-state index contributed by atoms with van der Waals surface area (Å²) in [5.41, 5.74) is -2.99. The Bertz CT molecular complexity index is 1330. The van der Waals surface area contributed by atoms with Crippen molar-refractivity contribution in [2.45, 2.75) is 38.6 Å². The second-order valence-corrected chi connectivity index (χ2v) is 10.5. The molecule has 2 amide bonds. The largest absolute Gasteiger partial charge is 0.490 e. The fourth-order valence-corrected chi connectivity index (χ4v) is 4.45. The van der Waals surface area contributed by atoms with Crippen LogP contribution in [-0.2, 0) is 5.60 Å². The zero-order valence-electron chi connectivity index (χ0n) is 20.6. The quantitative estimate of drug-likeness (QED) is 0.242. The van der Waals surface area contributed by atoms with Crippen molar-refractivity contribution in [3.63, 3.8) is 0 Å². The van der Waals surface area contributed by atoms with Crippen molar-refractivity contribution in [2.75, 3.05) is 11.9 Å². The van der Waals surface area contributed by atoms with E-state index in [1.807, 2.05) is 22.6 Å². The summed E-state index contributed by atoms with van der Waals surface area (Å²) in [5.74, 6) is -0.920. The van der Waals surface area contributed by atoms with Crippen LogP contribution in [0.3, 0.4) is 0 Å². The molecule has 1 atom stereocenters. The molecule has 0 heterocycles. The minimum absolute atomic E-state index is 0.104.